The second-order valence-corrected chi connectivity index (χ2v) is 7.63. The SMILES string of the molecule is Cn1c(=O)n(C([B]O)CCC(N)=O)c2ccc(C3CCC(CN)CC3)cc21. The van der Waals surface area contributed by atoms with Crippen molar-refractivity contribution < 1.29 is 9.82 Å². The Hall–Kier alpha value is -2.06. The smallest absolute Gasteiger partial charge is 0.328 e. The number of amides is 1. The molecule has 0 aliphatic heterocycles. The van der Waals surface area contributed by atoms with E-state index in [1.54, 1.807) is 11.6 Å². The monoisotopic (exact) mass is 371 g/mol. The van der Waals surface area contributed by atoms with Crippen molar-refractivity contribution in [1.29, 1.82) is 0 Å². The summed E-state index contributed by atoms with van der Waals surface area (Å²) in [6.45, 7) is 0.757. The van der Waals surface area contributed by atoms with Gasteiger partial charge < -0.3 is 16.5 Å². The minimum absolute atomic E-state index is 0.104. The number of carbonyl (C=O) groups excluding carboxylic acids is 1. The summed E-state index contributed by atoms with van der Waals surface area (Å²) in [6, 6.07) is 6.11. The fourth-order valence-corrected chi connectivity index (χ4v) is 4.25. The van der Waals surface area contributed by atoms with Gasteiger partial charge in [0.1, 0.15) is 0 Å². The van der Waals surface area contributed by atoms with Crippen LogP contribution in [0.5, 0.6) is 0 Å². The molecule has 1 aliphatic rings. The van der Waals surface area contributed by atoms with Gasteiger partial charge in [-0.25, -0.2) is 4.79 Å². The number of nitrogens with zero attached hydrogens (tertiary/aromatic N) is 2. The predicted octanol–water partition coefficient (Wildman–Crippen LogP) is 0.948. The fraction of sp³-hybridized carbons (Fsp3) is 0.579. The molecular formula is C19H28BN4O3. The van der Waals surface area contributed by atoms with Gasteiger partial charge in [-0.05, 0) is 68.2 Å². The molecule has 8 heteroatoms. The quantitative estimate of drug-likeness (QED) is 0.628. The van der Waals surface area contributed by atoms with Crippen LogP contribution in [0, 0.1) is 5.92 Å². The van der Waals surface area contributed by atoms with Crippen molar-refractivity contribution >= 4 is 24.4 Å². The Morgan fingerprint density at radius 3 is 2.59 bits per heavy atom. The molecule has 1 unspecified atom stereocenters. The summed E-state index contributed by atoms with van der Waals surface area (Å²) in [5, 5.41) is 9.64. The second-order valence-electron chi connectivity index (χ2n) is 7.63. The van der Waals surface area contributed by atoms with Crippen molar-refractivity contribution in [3.05, 3.63) is 34.2 Å². The molecule has 0 saturated heterocycles. The van der Waals surface area contributed by atoms with E-state index in [4.69, 9.17) is 11.5 Å². The van der Waals surface area contributed by atoms with Gasteiger partial charge >= 0.3 is 13.2 Å². The molecule has 1 radical (unpaired) electrons. The lowest BCUT2D eigenvalue weighted by Gasteiger charge is -2.28. The molecule has 7 nitrogen and oxygen atoms in total. The second kappa shape index (κ2) is 8.31. The van der Waals surface area contributed by atoms with Crippen molar-refractivity contribution in [2.75, 3.05) is 6.54 Å². The Morgan fingerprint density at radius 1 is 1.30 bits per heavy atom. The molecule has 1 saturated carbocycles. The number of primary amides is 1. The lowest BCUT2D eigenvalue weighted by atomic mass is 9.78. The summed E-state index contributed by atoms with van der Waals surface area (Å²) in [5.41, 5.74) is 13.6. The highest BCUT2D eigenvalue weighted by molar-refractivity contribution is 6.26. The van der Waals surface area contributed by atoms with Gasteiger partial charge in [0.25, 0.3) is 0 Å². The number of fused-ring (bicyclic) bond motifs is 1. The summed E-state index contributed by atoms with van der Waals surface area (Å²) < 4.78 is 3.14. The summed E-state index contributed by atoms with van der Waals surface area (Å²) >= 11 is 0. The molecule has 1 amide bonds. The van der Waals surface area contributed by atoms with E-state index < -0.39 is 11.8 Å². The summed E-state index contributed by atoms with van der Waals surface area (Å²) in [6.07, 6.45) is 4.92. The fourth-order valence-electron chi connectivity index (χ4n) is 4.25. The molecule has 1 aliphatic carbocycles. The molecule has 0 bridgehead atoms. The molecule has 27 heavy (non-hydrogen) atoms. The van der Waals surface area contributed by atoms with Crippen LogP contribution in [0.1, 0.15) is 55.9 Å². The van der Waals surface area contributed by atoms with E-state index in [1.807, 2.05) is 6.07 Å². The third-order valence-corrected chi connectivity index (χ3v) is 5.96. The molecule has 2 aromatic rings. The number of rotatable bonds is 7. The Balaban J connectivity index is 1.93. The number of aromatic nitrogens is 2. The van der Waals surface area contributed by atoms with Gasteiger partial charge in [0, 0.05) is 19.4 Å². The van der Waals surface area contributed by atoms with Gasteiger partial charge in [-0.3, -0.25) is 13.9 Å². The lowest BCUT2D eigenvalue weighted by molar-refractivity contribution is -0.118. The van der Waals surface area contributed by atoms with Crippen LogP contribution in [-0.4, -0.2) is 34.1 Å². The minimum Gasteiger partial charge on any atom is -0.452 e. The lowest BCUT2D eigenvalue weighted by Crippen LogP contribution is -2.30. The van der Waals surface area contributed by atoms with Crippen LogP contribution in [0.25, 0.3) is 11.0 Å². The van der Waals surface area contributed by atoms with E-state index >= 15 is 0 Å². The van der Waals surface area contributed by atoms with E-state index in [0.29, 0.717) is 11.8 Å². The molecular weight excluding hydrogens is 343 g/mol. The van der Waals surface area contributed by atoms with Gasteiger partial charge in [0.15, 0.2) is 0 Å². The normalized spacial score (nSPS) is 21.3. The largest absolute Gasteiger partial charge is 0.452 e. The van der Waals surface area contributed by atoms with Crippen LogP contribution < -0.4 is 17.2 Å². The molecule has 0 spiro atoms. The van der Waals surface area contributed by atoms with Crippen molar-refractivity contribution in [1.82, 2.24) is 9.13 Å². The van der Waals surface area contributed by atoms with E-state index in [1.165, 1.54) is 10.1 Å². The highest BCUT2D eigenvalue weighted by atomic mass is 16.2. The van der Waals surface area contributed by atoms with Crippen LogP contribution in [0.15, 0.2) is 23.0 Å². The average Bonchev–Trinajstić information content (AvgIpc) is 2.93. The first-order chi connectivity index (χ1) is 13.0. The van der Waals surface area contributed by atoms with Crippen molar-refractivity contribution in [2.24, 2.45) is 24.4 Å². The van der Waals surface area contributed by atoms with Crippen LogP contribution in [0.3, 0.4) is 0 Å². The van der Waals surface area contributed by atoms with Crippen LogP contribution >= 0.6 is 0 Å². The topological polar surface area (TPSA) is 116 Å². The third-order valence-electron chi connectivity index (χ3n) is 5.96. The van der Waals surface area contributed by atoms with Gasteiger partial charge in [0.05, 0.1) is 11.0 Å². The molecule has 1 heterocycles. The van der Waals surface area contributed by atoms with Gasteiger partial charge in [-0.1, -0.05) is 6.07 Å². The summed E-state index contributed by atoms with van der Waals surface area (Å²) in [5.74, 6) is 0.0808. The first-order valence-electron chi connectivity index (χ1n) is 9.63. The van der Waals surface area contributed by atoms with E-state index in [2.05, 4.69) is 12.1 Å². The summed E-state index contributed by atoms with van der Waals surface area (Å²) in [4.78, 5) is 23.9. The van der Waals surface area contributed by atoms with Crippen molar-refractivity contribution in [3.63, 3.8) is 0 Å². The maximum Gasteiger partial charge on any atom is 0.328 e. The average molecular weight is 371 g/mol. The highest BCUT2D eigenvalue weighted by Gasteiger charge is 2.24. The Kier molecular flexibility index (Phi) is 6.06. The molecule has 1 aromatic heterocycles. The number of aryl methyl sites for hydroxylation is 1. The van der Waals surface area contributed by atoms with E-state index in [-0.39, 0.29) is 18.5 Å². The van der Waals surface area contributed by atoms with Crippen LogP contribution in [0.4, 0.5) is 0 Å². The number of carbonyl (C=O) groups is 1. The number of imidazole rings is 1. The third kappa shape index (κ3) is 3.96. The van der Waals surface area contributed by atoms with Crippen molar-refractivity contribution in [2.45, 2.75) is 50.4 Å². The highest BCUT2D eigenvalue weighted by Crippen LogP contribution is 2.36. The predicted molar refractivity (Wildman–Crippen MR) is 106 cm³/mol. The standard InChI is InChI=1S/C19H28BN4O3/c1-23-16-10-14(13-4-2-12(11-21)3-5-13)6-7-15(16)24(19(23)26)17(20-27)8-9-18(22)25/h6-7,10,12-13,17,27H,2-5,8-9,11,21H2,1H3,(H2,22,25). The Morgan fingerprint density at radius 2 is 2.00 bits per heavy atom. The maximum atomic E-state index is 12.8. The van der Waals surface area contributed by atoms with E-state index in [0.717, 1.165) is 50.7 Å². The first kappa shape index (κ1) is 19.7. The minimum atomic E-state index is -0.584. The molecule has 1 aromatic carbocycles. The van der Waals surface area contributed by atoms with Gasteiger partial charge in [-0.2, -0.15) is 0 Å². The van der Waals surface area contributed by atoms with E-state index in [9.17, 15) is 14.6 Å². The zero-order valence-electron chi connectivity index (χ0n) is 15.8. The van der Waals surface area contributed by atoms with Crippen LogP contribution in [-0.2, 0) is 11.8 Å². The maximum absolute atomic E-state index is 12.8. The van der Waals surface area contributed by atoms with Crippen LogP contribution in [0.2, 0.25) is 0 Å². The Bertz CT molecular complexity index is 868. The molecule has 145 valence electrons. The molecule has 1 fully saturated rings. The number of hydrogen-bond acceptors (Lipinski definition) is 4. The van der Waals surface area contributed by atoms with Gasteiger partial charge in [0.2, 0.25) is 5.91 Å². The number of hydrogen-bond donors (Lipinski definition) is 3. The zero-order valence-corrected chi connectivity index (χ0v) is 15.8. The Labute approximate surface area is 159 Å². The summed E-state index contributed by atoms with van der Waals surface area (Å²) in [7, 11) is 2.70. The zero-order chi connectivity index (χ0) is 19.6. The molecule has 3 rings (SSSR count). The molecule has 5 N–H and O–H groups in total. The van der Waals surface area contributed by atoms with Gasteiger partial charge in [-0.15, -0.1) is 0 Å². The van der Waals surface area contributed by atoms with Crippen molar-refractivity contribution in [3.8, 4) is 0 Å². The number of nitrogens with two attached hydrogens (primary N) is 2. The number of benzene rings is 1. The first-order valence-corrected chi connectivity index (χ1v) is 9.63. The molecule has 1 atom stereocenters.